The van der Waals surface area contributed by atoms with E-state index in [0.717, 1.165) is 38.6 Å². The second-order valence-electron chi connectivity index (χ2n) is 6.08. The fourth-order valence-corrected chi connectivity index (χ4v) is 3.63. The normalized spacial score (nSPS) is 32.5. The molecular weight excluding hydrogens is 212 g/mol. The molecule has 2 rings (SSSR count). The summed E-state index contributed by atoms with van der Waals surface area (Å²) < 4.78 is 0. The van der Waals surface area contributed by atoms with E-state index in [1.54, 1.807) is 5.06 Å². The number of hydrogen-bond acceptors (Lipinski definition) is 3. The van der Waals surface area contributed by atoms with Gasteiger partial charge >= 0.3 is 0 Å². The van der Waals surface area contributed by atoms with Crippen LogP contribution >= 0.6 is 0 Å². The molecule has 17 heavy (non-hydrogen) atoms. The van der Waals surface area contributed by atoms with Crippen LogP contribution < -0.4 is 5.73 Å². The van der Waals surface area contributed by atoms with Crippen molar-refractivity contribution in [2.45, 2.75) is 82.2 Å². The molecule has 0 aromatic rings. The van der Waals surface area contributed by atoms with E-state index in [0.29, 0.717) is 0 Å². The Labute approximate surface area is 105 Å². The van der Waals surface area contributed by atoms with Gasteiger partial charge in [-0.25, -0.2) is 0 Å². The van der Waals surface area contributed by atoms with Gasteiger partial charge in [-0.1, -0.05) is 38.5 Å². The first-order chi connectivity index (χ1) is 8.23. The van der Waals surface area contributed by atoms with Crippen LogP contribution in [0.1, 0.15) is 70.6 Å². The zero-order valence-corrected chi connectivity index (χ0v) is 11.0. The summed E-state index contributed by atoms with van der Waals surface area (Å²) >= 11 is 0. The smallest absolute Gasteiger partial charge is 0.0475 e. The Morgan fingerprint density at radius 3 is 2.35 bits per heavy atom. The molecule has 3 heteroatoms. The maximum atomic E-state index is 10.4. The lowest BCUT2D eigenvalue weighted by Gasteiger charge is -2.45. The van der Waals surface area contributed by atoms with E-state index in [4.69, 9.17) is 5.73 Å². The van der Waals surface area contributed by atoms with E-state index in [-0.39, 0.29) is 11.6 Å². The van der Waals surface area contributed by atoms with Crippen molar-refractivity contribution in [1.82, 2.24) is 5.06 Å². The molecule has 1 saturated heterocycles. The van der Waals surface area contributed by atoms with Crippen molar-refractivity contribution in [2.75, 3.05) is 6.54 Å². The Kier molecular flexibility index (Phi) is 4.83. The maximum Gasteiger partial charge on any atom is 0.0475 e. The summed E-state index contributed by atoms with van der Waals surface area (Å²) in [5.41, 5.74) is 6.26. The van der Waals surface area contributed by atoms with Gasteiger partial charge in [0.05, 0.1) is 0 Å². The van der Waals surface area contributed by atoms with Crippen LogP contribution in [0, 0.1) is 0 Å². The topological polar surface area (TPSA) is 49.5 Å². The van der Waals surface area contributed by atoms with Crippen LogP contribution in [0.25, 0.3) is 0 Å². The van der Waals surface area contributed by atoms with Crippen LogP contribution in [-0.2, 0) is 0 Å². The molecule has 0 amide bonds. The van der Waals surface area contributed by atoms with Crippen molar-refractivity contribution in [3.63, 3.8) is 0 Å². The van der Waals surface area contributed by atoms with Crippen LogP contribution in [0.5, 0.6) is 0 Å². The predicted molar refractivity (Wildman–Crippen MR) is 70.0 cm³/mol. The van der Waals surface area contributed by atoms with E-state index in [9.17, 15) is 5.21 Å². The lowest BCUT2D eigenvalue weighted by molar-refractivity contribution is -0.190. The van der Waals surface area contributed by atoms with Crippen LogP contribution in [0.3, 0.4) is 0 Å². The number of rotatable bonds is 0. The molecule has 100 valence electrons. The molecule has 2 aliphatic rings. The van der Waals surface area contributed by atoms with E-state index in [1.165, 1.54) is 38.5 Å². The van der Waals surface area contributed by atoms with Gasteiger partial charge in [0.1, 0.15) is 0 Å². The average molecular weight is 240 g/mol. The number of nitrogens with two attached hydrogens (primary N) is 1. The van der Waals surface area contributed by atoms with Gasteiger partial charge in [-0.05, 0) is 32.1 Å². The van der Waals surface area contributed by atoms with Gasteiger partial charge in [-0.2, -0.15) is 5.06 Å². The molecule has 1 saturated carbocycles. The highest BCUT2D eigenvalue weighted by Crippen LogP contribution is 2.37. The zero-order chi connectivity index (χ0) is 12.1. The lowest BCUT2D eigenvalue weighted by Crippen LogP contribution is -2.52. The lowest BCUT2D eigenvalue weighted by atomic mass is 9.76. The largest absolute Gasteiger partial charge is 0.328 e. The Morgan fingerprint density at radius 1 is 0.941 bits per heavy atom. The van der Waals surface area contributed by atoms with Gasteiger partial charge in [-0.3, -0.25) is 0 Å². The van der Waals surface area contributed by atoms with Crippen molar-refractivity contribution in [3.8, 4) is 0 Å². The minimum absolute atomic E-state index is 0.00894. The molecule has 3 nitrogen and oxygen atoms in total. The fourth-order valence-electron chi connectivity index (χ4n) is 3.63. The first-order valence-electron chi connectivity index (χ1n) is 7.45. The molecule has 0 bridgehead atoms. The number of nitrogens with zero attached hydrogens (tertiary/aromatic N) is 1. The van der Waals surface area contributed by atoms with E-state index >= 15 is 0 Å². The summed E-state index contributed by atoms with van der Waals surface area (Å²) in [7, 11) is 0. The summed E-state index contributed by atoms with van der Waals surface area (Å²) in [5.74, 6) is 0. The standard InChI is InChI=1S/C14H28N2O/c15-13-8-4-1-2-7-11-16(17)14(12-13)9-5-3-6-10-14/h13,17H,1-12,15H2. The third-order valence-electron chi connectivity index (χ3n) is 4.67. The molecule has 3 N–H and O–H groups in total. The first kappa shape index (κ1) is 13.3. The van der Waals surface area contributed by atoms with Crippen molar-refractivity contribution in [2.24, 2.45) is 5.73 Å². The molecule has 1 aliphatic carbocycles. The summed E-state index contributed by atoms with van der Waals surface area (Å²) in [6, 6.07) is 0.279. The van der Waals surface area contributed by atoms with Gasteiger partial charge in [0.2, 0.25) is 0 Å². The Bertz CT molecular complexity index is 226. The molecule has 1 heterocycles. The molecule has 2 fully saturated rings. The van der Waals surface area contributed by atoms with Crippen LogP contribution in [-0.4, -0.2) is 28.4 Å². The van der Waals surface area contributed by atoms with Crippen molar-refractivity contribution < 1.29 is 5.21 Å². The summed E-state index contributed by atoms with van der Waals surface area (Å²) in [6.45, 7) is 0.840. The Hall–Kier alpha value is -0.120. The van der Waals surface area contributed by atoms with E-state index in [2.05, 4.69) is 0 Å². The highest BCUT2D eigenvalue weighted by atomic mass is 16.5. The van der Waals surface area contributed by atoms with Crippen molar-refractivity contribution in [3.05, 3.63) is 0 Å². The quantitative estimate of drug-likeness (QED) is 0.684. The van der Waals surface area contributed by atoms with Crippen molar-refractivity contribution in [1.29, 1.82) is 0 Å². The molecule has 0 aromatic heterocycles. The van der Waals surface area contributed by atoms with Gasteiger partial charge in [-0.15, -0.1) is 0 Å². The monoisotopic (exact) mass is 240 g/mol. The Balaban J connectivity index is 2.05. The van der Waals surface area contributed by atoms with Crippen molar-refractivity contribution >= 4 is 0 Å². The second kappa shape index (κ2) is 6.17. The highest BCUT2D eigenvalue weighted by Gasteiger charge is 2.38. The molecule has 1 unspecified atom stereocenters. The molecule has 0 radical (unpaired) electrons. The number of hydrogen-bond donors (Lipinski definition) is 2. The van der Waals surface area contributed by atoms with Crippen LogP contribution in [0.15, 0.2) is 0 Å². The van der Waals surface area contributed by atoms with Crippen LogP contribution in [0.2, 0.25) is 0 Å². The minimum Gasteiger partial charge on any atom is -0.328 e. The molecule has 1 spiro atoms. The van der Waals surface area contributed by atoms with Crippen LogP contribution in [0.4, 0.5) is 0 Å². The fraction of sp³-hybridized carbons (Fsp3) is 1.00. The molecule has 1 aliphatic heterocycles. The third-order valence-corrected chi connectivity index (χ3v) is 4.67. The average Bonchev–Trinajstić information content (AvgIpc) is 2.33. The molecular formula is C14H28N2O. The van der Waals surface area contributed by atoms with E-state index < -0.39 is 0 Å². The Morgan fingerprint density at radius 2 is 1.59 bits per heavy atom. The molecule has 0 aromatic carbocycles. The first-order valence-corrected chi connectivity index (χ1v) is 7.45. The predicted octanol–water partition coefficient (Wildman–Crippen LogP) is 3.06. The number of hydroxylamine groups is 2. The third kappa shape index (κ3) is 3.43. The zero-order valence-electron chi connectivity index (χ0n) is 11.0. The minimum atomic E-state index is 0.00894. The summed E-state index contributed by atoms with van der Waals surface area (Å²) in [6.07, 6.45) is 13.1. The maximum absolute atomic E-state index is 10.4. The second-order valence-corrected chi connectivity index (χ2v) is 6.08. The van der Waals surface area contributed by atoms with Gasteiger partial charge < -0.3 is 10.9 Å². The summed E-state index contributed by atoms with van der Waals surface area (Å²) in [5, 5.41) is 12.1. The van der Waals surface area contributed by atoms with Gasteiger partial charge in [0, 0.05) is 18.1 Å². The highest BCUT2D eigenvalue weighted by molar-refractivity contribution is 4.93. The molecule has 1 atom stereocenters. The van der Waals surface area contributed by atoms with Gasteiger partial charge in [0.15, 0.2) is 0 Å². The SMILES string of the molecule is NC1CCCCCCN(O)C2(CCCCC2)C1. The summed E-state index contributed by atoms with van der Waals surface area (Å²) in [4.78, 5) is 0. The van der Waals surface area contributed by atoms with Gasteiger partial charge in [0.25, 0.3) is 0 Å². The van der Waals surface area contributed by atoms with E-state index in [1.807, 2.05) is 0 Å².